The largest absolute Gasteiger partial charge is 0.281 e. The Morgan fingerprint density at radius 1 is 0.536 bits per heavy atom. The van der Waals surface area contributed by atoms with Gasteiger partial charge in [-0.05, 0) is 28.2 Å². The summed E-state index contributed by atoms with van der Waals surface area (Å²) in [4.78, 5) is 0. The van der Waals surface area contributed by atoms with Gasteiger partial charge in [-0.1, -0.05) is 121 Å². The summed E-state index contributed by atoms with van der Waals surface area (Å²) in [5.41, 5.74) is 2.67. The summed E-state index contributed by atoms with van der Waals surface area (Å²) in [6, 6.07) is 43.4. The summed E-state index contributed by atoms with van der Waals surface area (Å²) in [6.07, 6.45) is 0.962. The standard InChI is InChI=1S/C26H24NP/c1-5-13-22(14-6-1)21-26(23-15-7-2-8-16-23)27-28(24-17-9-3-10-18-24)25-19-11-4-12-20-25/h1-20,26-27H,21H2. The lowest BCUT2D eigenvalue weighted by Gasteiger charge is -2.27. The molecule has 0 aromatic heterocycles. The van der Waals surface area contributed by atoms with Gasteiger partial charge in [0.05, 0.1) is 0 Å². The second-order valence-corrected chi connectivity index (χ2v) is 8.75. The van der Waals surface area contributed by atoms with Crippen molar-refractivity contribution < 1.29 is 0 Å². The molecule has 0 amide bonds. The first-order valence-electron chi connectivity index (χ1n) is 9.65. The van der Waals surface area contributed by atoms with E-state index in [4.69, 9.17) is 0 Å². The maximum absolute atomic E-state index is 4.02. The lowest BCUT2D eigenvalue weighted by Crippen LogP contribution is -2.28. The number of hydrogen-bond donors (Lipinski definition) is 1. The van der Waals surface area contributed by atoms with Crippen LogP contribution in [-0.2, 0) is 6.42 Å². The molecule has 0 spiro atoms. The second-order valence-electron chi connectivity index (χ2n) is 6.79. The minimum absolute atomic E-state index is 0.245. The molecule has 28 heavy (non-hydrogen) atoms. The average molecular weight is 381 g/mol. The summed E-state index contributed by atoms with van der Waals surface area (Å²) >= 11 is 0. The molecule has 4 aromatic carbocycles. The van der Waals surface area contributed by atoms with Crippen molar-refractivity contribution in [3.05, 3.63) is 132 Å². The van der Waals surface area contributed by atoms with E-state index in [1.165, 1.54) is 21.7 Å². The Hall–Kier alpha value is -2.73. The molecule has 4 rings (SSSR count). The number of nitrogens with one attached hydrogen (secondary N) is 1. The molecule has 0 saturated carbocycles. The lowest BCUT2D eigenvalue weighted by molar-refractivity contribution is 0.668. The van der Waals surface area contributed by atoms with Gasteiger partial charge in [-0.3, -0.25) is 5.09 Å². The Balaban J connectivity index is 1.70. The third-order valence-corrected chi connectivity index (χ3v) is 7.00. The van der Waals surface area contributed by atoms with Crippen LogP contribution < -0.4 is 15.7 Å². The van der Waals surface area contributed by atoms with Crippen molar-refractivity contribution in [1.82, 2.24) is 5.09 Å². The number of benzene rings is 4. The molecule has 0 aliphatic carbocycles. The van der Waals surface area contributed by atoms with Crippen LogP contribution >= 0.6 is 8.07 Å². The van der Waals surface area contributed by atoms with Crippen LogP contribution in [0.5, 0.6) is 0 Å². The van der Waals surface area contributed by atoms with Gasteiger partial charge in [0.25, 0.3) is 0 Å². The second kappa shape index (κ2) is 9.46. The zero-order valence-corrected chi connectivity index (χ0v) is 16.7. The molecule has 0 bridgehead atoms. The van der Waals surface area contributed by atoms with Crippen molar-refractivity contribution in [1.29, 1.82) is 0 Å². The van der Waals surface area contributed by atoms with Crippen LogP contribution in [0.2, 0.25) is 0 Å². The fourth-order valence-electron chi connectivity index (χ4n) is 3.38. The monoisotopic (exact) mass is 381 g/mol. The molecule has 1 N–H and O–H groups in total. The van der Waals surface area contributed by atoms with Gasteiger partial charge in [0.2, 0.25) is 0 Å². The van der Waals surface area contributed by atoms with Crippen LogP contribution in [-0.4, -0.2) is 0 Å². The van der Waals surface area contributed by atoms with Crippen LogP contribution in [0, 0.1) is 0 Å². The van der Waals surface area contributed by atoms with Gasteiger partial charge in [-0.25, -0.2) is 0 Å². The molecule has 1 unspecified atom stereocenters. The molecular formula is C26H24NP. The Bertz CT molecular complexity index is 917. The van der Waals surface area contributed by atoms with Gasteiger partial charge in [-0.2, -0.15) is 0 Å². The van der Waals surface area contributed by atoms with Gasteiger partial charge < -0.3 is 0 Å². The minimum Gasteiger partial charge on any atom is -0.281 e. The Morgan fingerprint density at radius 2 is 0.964 bits per heavy atom. The van der Waals surface area contributed by atoms with Gasteiger partial charge in [-0.15, -0.1) is 0 Å². The smallest absolute Gasteiger partial charge is 0.0402 e. The van der Waals surface area contributed by atoms with E-state index in [9.17, 15) is 0 Å². The van der Waals surface area contributed by atoms with E-state index < -0.39 is 8.07 Å². The molecule has 0 aliphatic rings. The van der Waals surface area contributed by atoms with E-state index in [2.05, 4.69) is 126 Å². The molecule has 0 saturated heterocycles. The van der Waals surface area contributed by atoms with Crippen LogP contribution in [0.25, 0.3) is 0 Å². The van der Waals surface area contributed by atoms with Crippen molar-refractivity contribution >= 4 is 18.7 Å². The quantitative estimate of drug-likeness (QED) is 0.411. The summed E-state index contributed by atoms with van der Waals surface area (Å²) in [6.45, 7) is 0. The molecule has 2 heteroatoms. The zero-order valence-electron chi connectivity index (χ0n) is 15.8. The highest BCUT2D eigenvalue weighted by Crippen LogP contribution is 2.34. The van der Waals surface area contributed by atoms with Crippen molar-refractivity contribution in [2.75, 3.05) is 0 Å². The fourth-order valence-corrected chi connectivity index (χ4v) is 5.47. The zero-order chi connectivity index (χ0) is 19.0. The third kappa shape index (κ3) is 4.75. The minimum atomic E-state index is -0.660. The van der Waals surface area contributed by atoms with Crippen LogP contribution in [0.15, 0.2) is 121 Å². The topological polar surface area (TPSA) is 12.0 Å². The molecule has 0 radical (unpaired) electrons. The lowest BCUT2D eigenvalue weighted by atomic mass is 10.00. The highest BCUT2D eigenvalue weighted by molar-refractivity contribution is 7.71. The molecule has 0 fully saturated rings. The summed E-state index contributed by atoms with van der Waals surface area (Å²) < 4.78 is 0. The first kappa shape index (κ1) is 18.6. The van der Waals surface area contributed by atoms with E-state index in [0.29, 0.717) is 0 Å². The van der Waals surface area contributed by atoms with E-state index in [1.807, 2.05) is 0 Å². The first-order chi connectivity index (χ1) is 13.9. The number of rotatable bonds is 7. The molecule has 1 atom stereocenters. The fraction of sp³-hybridized carbons (Fsp3) is 0.0769. The molecule has 1 nitrogen and oxygen atoms in total. The Morgan fingerprint density at radius 3 is 1.46 bits per heavy atom. The van der Waals surface area contributed by atoms with Crippen LogP contribution in [0.4, 0.5) is 0 Å². The Kier molecular flexibility index (Phi) is 6.29. The summed E-state index contributed by atoms with van der Waals surface area (Å²) in [5, 5.41) is 6.71. The molecule has 138 valence electrons. The highest BCUT2D eigenvalue weighted by Gasteiger charge is 2.20. The SMILES string of the molecule is c1ccc(CC(NP(c2ccccc2)c2ccccc2)c2ccccc2)cc1. The van der Waals surface area contributed by atoms with Crippen molar-refractivity contribution in [3.63, 3.8) is 0 Å². The van der Waals surface area contributed by atoms with Crippen LogP contribution in [0.1, 0.15) is 17.2 Å². The molecule has 0 heterocycles. The van der Waals surface area contributed by atoms with E-state index in [-0.39, 0.29) is 6.04 Å². The van der Waals surface area contributed by atoms with Gasteiger partial charge in [0.1, 0.15) is 0 Å². The van der Waals surface area contributed by atoms with Crippen molar-refractivity contribution in [2.45, 2.75) is 12.5 Å². The normalized spacial score (nSPS) is 12.0. The Labute approximate surface area is 168 Å². The predicted molar refractivity (Wildman–Crippen MR) is 122 cm³/mol. The third-order valence-electron chi connectivity index (χ3n) is 4.80. The van der Waals surface area contributed by atoms with Gasteiger partial charge in [0, 0.05) is 14.1 Å². The van der Waals surface area contributed by atoms with Gasteiger partial charge in [0.15, 0.2) is 0 Å². The average Bonchev–Trinajstić information content (AvgIpc) is 2.79. The van der Waals surface area contributed by atoms with Crippen LogP contribution in [0.3, 0.4) is 0 Å². The van der Waals surface area contributed by atoms with Crippen molar-refractivity contribution in [2.24, 2.45) is 0 Å². The summed E-state index contributed by atoms with van der Waals surface area (Å²) in [7, 11) is -0.660. The van der Waals surface area contributed by atoms with Crippen molar-refractivity contribution in [3.8, 4) is 0 Å². The molecule has 4 aromatic rings. The van der Waals surface area contributed by atoms with E-state index >= 15 is 0 Å². The van der Waals surface area contributed by atoms with E-state index in [0.717, 1.165) is 6.42 Å². The predicted octanol–water partition coefficient (Wildman–Crippen LogP) is 5.61. The summed E-state index contributed by atoms with van der Waals surface area (Å²) in [5.74, 6) is 0. The van der Waals surface area contributed by atoms with E-state index in [1.54, 1.807) is 0 Å². The highest BCUT2D eigenvalue weighted by atomic mass is 31.1. The maximum Gasteiger partial charge on any atom is 0.0402 e. The molecular weight excluding hydrogens is 357 g/mol. The maximum atomic E-state index is 4.02. The van der Waals surface area contributed by atoms with Gasteiger partial charge >= 0.3 is 0 Å². The number of hydrogen-bond acceptors (Lipinski definition) is 1. The molecule has 0 aliphatic heterocycles. The first-order valence-corrected chi connectivity index (χ1v) is 11.0.